The van der Waals surface area contributed by atoms with E-state index in [-0.39, 0.29) is 51.4 Å². The van der Waals surface area contributed by atoms with Crippen LogP contribution < -0.4 is 56.7 Å². The molecule has 0 spiro atoms. The number of carbonyl (C=O) groups excluding carboxylic acids is 1. The minimum Gasteiger partial charge on any atom is -0.423 e. The number of ether oxygens (including phenoxy) is 1. The third kappa shape index (κ3) is 4.34. The Balaban J connectivity index is 0.00000205. The molecule has 7 nitrogen and oxygen atoms in total. The van der Waals surface area contributed by atoms with Gasteiger partial charge < -0.3 is 14.8 Å². The Bertz CT molecular complexity index is 877. The average Bonchev–Trinajstić information content (AvgIpc) is 3.33. The first kappa shape index (κ1) is 22.2. The molecule has 1 N–H and O–H groups in total. The van der Waals surface area contributed by atoms with Crippen LogP contribution in [0.1, 0.15) is 41.5 Å². The Hall–Kier alpha value is -0.00364. The number of aryl methyl sites for hydroxylation is 2. The molecule has 4 aliphatic rings. The molecule has 1 atom stereocenters. The zero-order valence-corrected chi connectivity index (χ0v) is 20.9. The Morgan fingerprint density at radius 1 is 1.10 bits per heavy atom. The third-order valence-corrected chi connectivity index (χ3v) is 8.20. The van der Waals surface area contributed by atoms with Gasteiger partial charge in [0.2, 0.25) is 0 Å². The van der Waals surface area contributed by atoms with Gasteiger partial charge in [0.15, 0.2) is 16.1 Å². The van der Waals surface area contributed by atoms with Crippen LogP contribution in [0.2, 0.25) is 0 Å². The van der Waals surface area contributed by atoms with Gasteiger partial charge in [0.05, 0.1) is 11.9 Å². The molecule has 2 saturated heterocycles. The van der Waals surface area contributed by atoms with Crippen molar-refractivity contribution in [2.24, 2.45) is 0 Å². The number of urea groups is 1. The smallest absolute Gasteiger partial charge is 0.423 e. The first-order chi connectivity index (χ1) is 13.5. The Labute approximate surface area is 214 Å². The summed E-state index contributed by atoms with van der Waals surface area (Å²) in [5, 5.41) is 2.26. The number of benzene rings is 1. The van der Waals surface area contributed by atoms with Crippen LogP contribution in [-0.4, -0.2) is 56.9 Å². The number of sulfonamides is 1. The van der Waals surface area contributed by atoms with Gasteiger partial charge in [-0.3, -0.25) is 9.69 Å². The normalized spacial score (nSPS) is 23.8. The second-order valence-electron chi connectivity index (χ2n) is 8.36. The predicted octanol–water partition coefficient (Wildman–Crippen LogP) is -0.623. The van der Waals surface area contributed by atoms with Gasteiger partial charge >= 0.3 is 51.4 Å². The fraction of sp³-hybridized carbons (Fsp3) is 0.650. The van der Waals surface area contributed by atoms with E-state index in [0.29, 0.717) is 25.7 Å². The zero-order chi connectivity index (χ0) is 19.3. The fourth-order valence-corrected chi connectivity index (χ4v) is 6.24. The van der Waals surface area contributed by atoms with Crippen LogP contribution in [0.25, 0.3) is 4.72 Å². The molecule has 1 unspecified atom stereocenters. The molecule has 2 heterocycles. The molecule has 0 saturated carbocycles. The first-order valence-electron chi connectivity index (χ1n) is 10.3. The molecule has 2 aliphatic carbocycles. The van der Waals surface area contributed by atoms with Crippen molar-refractivity contribution in [1.29, 1.82) is 0 Å². The molecule has 0 radical (unpaired) electrons. The fourth-order valence-electron chi connectivity index (χ4n) is 5.05. The van der Waals surface area contributed by atoms with Crippen molar-refractivity contribution in [2.75, 3.05) is 31.6 Å². The topological polar surface area (TPSA) is 89.8 Å². The second kappa shape index (κ2) is 8.86. The van der Waals surface area contributed by atoms with E-state index in [4.69, 9.17) is 4.74 Å². The van der Waals surface area contributed by atoms with Gasteiger partial charge in [-0.1, -0.05) is 6.07 Å². The molecular weight excluding hydrogens is 417 g/mol. The van der Waals surface area contributed by atoms with E-state index in [1.807, 2.05) is 0 Å². The second-order valence-corrected chi connectivity index (χ2v) is 10.2. The number of nitrogens with zero attached hydrogens (tertiary/aromatic N) is 2. The maximum atomic E-state index is 12.6. The number of anilines is 1. The van der Waals surface area contributed by atoms with Crippen molar-refractivity contribution >= 4 is 21.7 Å². The van der Waals surface area contributed by atoms with Gasteiger partial charge in [-0.2, -0.15) is 0 Å². The zero-order valence-electron chi connectivity index (χ0n) is 16.9. The SMILES string of the molecule is O=C([N-]S(=O)(=O)C1CN(C2CCOC2)C1)Nc1c2c(cc3c1CCC3)CCC2.[K+]. The molecule has 2 amide bonds. The summed E-state index contributed by atoms with van der Waals surface area (Å²) in [5.41, 5.74) is 5.79. The van der Waals surface area contributed by atoms with Crippen LogP contribution in [0.4, 0.5) is 10.5 Å². The average molecular weight is 444 g/mol. The molecule has 0 aromatic heterocycles. The number of hydrogen-bond acceptors (Lipinski definition) is 5. The summed E-state index contributed by atoms with van der Waals surface area (Å²) in [7, 11) is -3.80. The molecule has 9 heteroatoms. The summed E-state index contributed by atoms with van der Waals surface area (Å²) in [5.74, 6) is 0. The van der Waals surface area contributed by atoms with Crippen molar-refractivity contribution in [3.05, 3.63) is 33.0 Å². The van der Waals surface area contributed by atoms with Crippen molar-refractivity contribution in [1.82, 2.24) is 4.90 Å². The largest absolute Gasteiger partial charge is 1.00 e. The Morgan fingerprint density at radius 3 is 2.34 bits per heavy atom. The maximum absolute atomic E-state index is 12.6. The van der Waals surface area contributed by atoms with Gasteiger partial charge in [-0.05, 0) is 72.9 Å². The molecule has 1 aromatic carbocycles. The number of hydrogen-bond donors (Lipinski definition) is 1. The van der Waals surface area contributed by atoms with E-state index in [9.17, 15) is 13.2 Å². The number of amides is 2. The molecule has 29 heavy (non-hydrogen) atoms. The van der Waals surface area contributed by atoms with Crippen LogP contribution in [0.3, 0.4) is 0 Å². The van der Waals surface area contributed by atoms with Crippen molar-refractivity contribution in [3.63, 3.8) is 0 Å². The van der Waals surface area contributed by atoms with E-state index in [1.165, 1.54) is 22.3 Å². The van der Waals surface area contributed by atoms with Crippen LogP contribution in [0, 0.1) is 0 Å². The summed E-state index contributed by atoms with van der Waals surface area (Å²) >= 11 is 0. The summed E-state index contributed by atoms with van der Waals surface area (Å²) in [6.07, 6.45) is 7.04. The quantitative estimate of drug-likeness (QED) is 0.627. The van der Waals surface area contributed by atoms with Crippen LogP contribution in [-0.2, 0) is 40.4 Å². The summed E-state index contributed by atoms with van der Waals surface area (Å²) < 4.78 is 34.1. The van der Waals surface area contributed by atoms with E-state index in [2.05, 4.69) is 21.0 Å². The Morgan fingerprint density at radius 2 is 1.76 bits per heavy atom. The molecule has 1 aromatic rings. The monoisotopic (exact) mass is 443 g/mol. The minimum atomic E-state index is -3.80. The van der Waals surface area contributed by atoms with Gasteiger partial charge in [-0.15, -0.1) is 0 Å². The summed E-state index contributed by atoms with van der Waals surface area (Å²) in [6.45, 7) is 2.26. The molecule has 0 bridgehead atoms. The molecule has 152 valence electrons. The summed E-state index contributed by atoms with van der Waals surface area (Å²) in [6, 6.07) is 1.83. The van der Waals surface area contributed by atoms with Gasteiger partial charge in [0, 0.05) is 25.7 Å². The van der Waals surface area contributed by atoms with Gasteiger partial charge in [-0.25, -0.2) is 8.42 Å². The van der Waals surface area contributed by atoms with Gasteiger partial charge in [0.1, 0.15) is 0 Å². The first-order valence-corrected chi connectivity index (χ1v) is 11.8. The molecule has 2 fully saturated rings. The maximum Gasteiger partial charge on any atom is 1.00 e. The predicted molar refractivity (Wildman–Crippen MR) is 106 cm³/mol. The summed E-state index contributed by atoms with van der Waals surface area (Å²) in [4.78, 5) is 14.6. The van der Waals surface area contributed by atoms with E-state index in [0.717, 1.165) is 57.2 Å². The molecular formula is C20H26KN3O4S. The van der Waals surface area contributed by atoms with E-state index in [1.54, 1.807) is 0 Å². The van der Waals surface area contributed by atoms with Crippen molar-refractivity contribution in [3.8, 4) is 0 Å². The number of rotatable bonds is 4. The minimum absolute atomic E-state index is 0. The van der Waals surface area contributed by atoms with Crippen molar-refractivity contribution in [2.45, 2.75) is 56.2 Å². The van der Waals surface area contributed by atoms with Crippen LogP contribution >= 0.6 is 0 Å². The van der Waals surface area contributed by atoms with E-state index < -0.39 is 21.3 Å². The molecule has 2 aliphatic heterocycles. The standard InChI is InChI=1S/C20H27N3O4S.K/c24-20(22-28(25,26)16-10-23(11-16)15-7-8-27-12-15)21-19-17-5-1-3-13(17)9-14-4-2-6-18(14)19;/h9,15-16H,1-8,10-12H2,(H2,21,22,24);/q;+1/p-1. The van der Waals surface area contributed by atoms with Crippen molar-refractivity contribution < 1.29 is 69.3 Å². The van der Waals surface area contributed by atoms with E-state index >= 15 is 0 Å². The Kier molecular flexibility index (Phi) is 6.78. The number of nitrogens with one attached hydrogen (secondary N) is 1. The number of likely N-dealkylation sites (tertiary alicyclic amines) is 1. The van der Waals surface area contributed by atoms with Gasteiger partial charge in [0.25, 0.3) is 0 Å². The molecule has 5 rings (SSSR count). The number of fused-ring (bicyclic) bond motifs is 2. The van der Waals surface area contributed by atoms with Crippen LogP contribution in [0.5, 0.6) is 0 Å². The van der Waals surface area contributed by atoms with Crippen LogP contribution in [0.15, 0.2) is 6.07 Å². The third-order valence-electron chi connectivity index (χ3n) is 6.63. The number of carbonyl (C=O) groups is 1.